The first-order valence-electron chi connectivity index (χ1n) is 5.16. The molecule has 0 atom stereocenters. The molecule has 0 aliphatic carbocycles. The van der Waals surface area contributed by atoms with E-state index >= 15 is 0 Å². The van der Waals surface area contributed by atoms with Crippen LogP contribution in [0.2, 0.25) is 0 Å². The Bertz CT molecular complexity index is 587. The van der Waals surface area contributed by atoms with Crippen molar-refractivity contribution in [2.75, 3.05) is 5.73 Å². The zero-order valence-corrected chi connectivity index (χ0v) is 10.4. The monoisotopic (exact) mass is 261 g/mol. The molecule has 1 aromatic heterocycles. The van der Waals surface area contributed by atoms with E-state index in [4.69, 9.17) is 10.8 Å². The summed E-state index contributed by atoms with van der Waals surface area (Å²) in [5, 5.41) is 9.63. The van der Waals surface area contributed by atoms with Crippen molar-refractivity contribution < 1.29 is 9.90 Å². The quantitative estimate of drug-likeness (QED) is 0.650. The van der Waals surface area contributed by atoms with E-state index in [0.29, 0.717) is 10.8 Å². The zero-order chi connectivity index (χ0) is 13.1. The van der Waals surface area contributed by atoms with Gasteiger partial charge in [-0.1, -0.05) is 0 Å². The molecule has 0 amide bonds. The molecule has 0 saturated heterocycles. The molecule has 5 nitrogen and oxygen atoms in total. The lowest BCUT2D eigenvalue weighted by Crippen LogP contribution is -2.04. The van der Waals surface area contributed by atoms with Gasteiger partial charge in [0.05, 0.1) is 5.56 Å². The van der Waals surface area contributed by atoms with Crippen LogP contribution in [-0.2, 0) is 0 Å². The topological polar surface area (TPSA) is 89.1 Å². The van der Waals surface area contributed by atoms with E-state index in [1.54, 1.807) is 25.4 Å². The van der Waals surface area contributed by atoms with E-state index < -0.39 is 5.97 Å². The van der Waals surface area contributed by atoms with E-state index in [1.165, 1.54) is 17.8 Å². The van der Waals surface area contributed by atoms with Crippen LogP contribution in [0.1, 0.15) is 15.9 Å². The van der Waals surface area contributed by atoms with Crippen molar-refractivity contribution in [1.29, 1.82) is 0 Å². The number of nitrogens with two attached hydrogens (primary N) is 1. The number of nitrogens with zero attached hydrogens (tertiary/aromatic N) is 2. The lowest BCUT2D eigenvalue weighted by atomic mass is 10.1. The number of aromatic carboxylic acids is 1. The van der Waals surface area contributed by atoms with Crippen molar-refractivity contribution in [3.63, 3.8) is 0 Å². The van der Waals surface area contributed by atoms with Gasteiger partial charge in [-0.15, -0.1) is 0 Å². The van der Waals surface area contributed by atoms with Crippen LogP contribution in [0.5, 0.6) is 0 Å². The third-order valence-corrected chi connectivity index (χ3v) is 3.21. The highest BCUT2D eigenvalue weighted by Crippen LogP contribution is 2.29. The van der Waals surface area contributed by atoms with E-state index in [1.807, 2.05) is 6.07 Å². The summed E-state index contributed by atoms with van der Waals surface area (Å²) in [6.07, 6.45) is 3.27. The molecule has 0 fully saturated rings. The van der Waals surface area contributed by atoms with Gasteiger partial charge in [-0.2, -0.15) is 0 Å². The van der Waals surface area contributed by atoms with E-state index in [2.05, 4.69) is 9.97 Å². The van der Waals surface area contributed by atoms with E-state index in [-0.39, 0.29) is 5.56 Å². The van der Waals surface area contributed by atoms with Crippen LogP contribution in [0.15, 0.2) is 40.6 Å². The Hall–Kier alpha value is -2.08. The molecule has 0 saturated carbocycles. The molecule has 2 rings (SSSR count). The highest BCUT2D eigenvalue weighted by atomic mass is 32.2. The highest BCUT2D eigenvalue weighted by Gasteiger charge is 2.12. The Labute approximate surface area is 108 Å². The van der Waals surface area contributed by atoms with Gasteiger partial charge in [-0.05, 0) is 42.4 Å². The zero-order valence-electron chi connectivity index (χ0n) is 9.62. The summed E-state index contributed by atoms with van der Waals surface area (Å²) in [5.41, 5.74) is 6.85. The molecule has 0 aliphatic heterocycles. The van der Waals surface area contributed by atoms with Crippen molar-refractivity contribution in [3.8, 4) is 0 Å². The van der Waals surface area contributed by atoms with Gasteiger partial charge in [0.25, 0.3) is 0 Å². The molecule has 0 unspecified atom stereocenters. The number of nitrogen functional groups attached to an aromatic ring is 1. The van der Waals surface area contributed by atoms with Crippen molar-refractivity contribution in [3.05, 3.63) is 41.7 Å². The molecule has 0 spiro atoms. The lowest BCUT2D eigenvalue weighted by Gasteiger charge is -2.07. The summed E-state index contributed by atoms with van der Waals surface area (Å²) in [7, 11) is 0. The summed E-state index contributed by atoms with van der Waals surface area (Å²) < 4.78 is 0. The molecular weight excluding hydrogens is 250 g/mol. The van der Waals surface area contributed by atoms with Crippen molar-refractivity contribution in [1.82, 2.24) is 9.97 Å². The fourth-order valence-electron chi connectivity index (χ4n) is 1.44. The second-order valence-electron chi connectivity index (χ2n) is 3.64. The number of aryl methyl sites for hydroxylation is 1. The van der Waals surface area contributed by atoms with Crippen LogP contribution in [0.4, 0.5) is 5.69 Å². The number of anilines is 1. The summed E-state index contributed by atoms with van der Waals surface area (Å²) in [6, 6.07) is 5.08. The van der Waals surface area contributed by atoms with Crippen molar-refractivity contribution in [2.45, 2.75) is 17.0 Å². The van der Waals surface area contributed by atoms with Crippen LogP contribution < -0.4 is 5.73 Å². The molecule has 2 aromatic rings. The van der Waals surface area contributed by atoms with Gasteiger partial charge in [-0.25, -0.2) is 14.8 Å². The van der Waals surface area contributed by atoms with Crippen LogP contribution in [0.25, 0.3) is 0 Å². The average Bonchev–Trinajstić information content (AvgIpc) is 2.34. The number of carbonyl (C=O) groups is 1. The van der Waals surface area contributed by atoms with Crippen LogP contribution in [-0.4, -0.2) is 21.0 Å². The lowest BCUT2D eigenvalue weighted by molar-refractivity contribution is 0.0697. The SMILES string of the molecule is Cc1cc(Sc2ncccn2)cc(C(=O)O)c1N. The van der Waals surface area contributed by atoms with Crippen molar-refractivity contribution in [2.24, 2.45) is 0 Å². The minimum absolute atomic E-state index is 0.105. The third kappa shape index (κ3) is 2.60. The molecule has 1 heterocycles. The van der Waals surface area contributed by atoms with Crippen LogP contribution in [0.3, 0.4) is 0 Å². The Morgan fingerprint density at radius 3 is 2.61 bits per heavy atom. The minimum atomic E-state index is -1.04. The molecular formula is C12H11N3O2S. The largest absolute Gasteiger partial charge is 0.478 e. The normalized spacial score (nSPS) is 10.3. The fraction of sp³-hybridized carbons (Fsp3) is 0.0833. The number of rotatable bonds is 3. The number of carboxylic acid groups (broad SMARTS) is 1. The van der Waals surface area contributed by atoms with Gasteiger partial charge >= 0.3 is 5.97 Å². The molecule has 0 bridgehead atoms. The maximum atomic E-state index is 11.1. The van der Waals surface area contributed by atoms with Gasteiger partial charge in [0.2, 0.25) is 0 Å². The van der Waals surface area contributed by atoms with Gasteiger partial charge < -0.3 is 10.8 Å². The van der Waals surface area contributed by atoms with Crippen molar-refractivity contribution >= 4 is 23.4 Å². The number of hydrogen-bond donors (Lipinski definition) is 2. The van der Waals surface area contributed by atoms with Crippen LogP contribution >= 0.6 is 11.8 Å². The minimum Gasteiger partial charge on any atom is -0.478 e. The second-order valence-corrected chi connectivity index (χ2v) is 4.68. The first-order valence-corrected chi connectivity index (χ1v) is 5.98. The summed E-state index contributed by atoms with van der Waals surface area (Å²) in [6.45, 7) is 1.78. The summed E-state index contributed by atoms with van der Waals surface area (Å²) >= 11 is 1.30. The van der Waals surface area contributed by atoms with Gasteiger partial charge in [0.15, 0.2) is 5.16 Å². The Kier molecular flexibility index (Phi) is 3.47. The first kappa shape index (κ1) is 12.4. The Morgan fingerprint density at radius 1 is 1.33 bits per heavy atom. The molecule has 0 radical (unpaired) electrons. The van der Waals surface area contributed by atoms with E-state index in [9.17, 15) is 4.79 Å². The predicted molar refractivity (Wildman–Crippen MR) is 68.7 cm³/mol. The van der Waals surface area contributed by atoms with Crippen LogP contribution in [0, 0.1) is 6.92 Å². The number of benzene rings is 1. The number of carboxylic acids is 1. The molecule has 18 heavy (non-hydrogen) atoms. The highest BCUT2D eigenvalue weighted by molar-refractivity contribution is 7.99. The Balaban J connectivity index is 2.38. The molecule has 0 aliphatic rings. The Morgan fingerprint density at radius 2 is 2.00 bits per heavy atom. The van der Waals surface area contributed by atoms with E-state index in [0.717, 1.165) is 10.5 Å². The second kappa shape index (κ2) is 5.05. The van der Waals surface area contributed by atoms with Gasteiger partial charge in [-0.3, -0.25) is 0 Å². The maximum Gasteiger partial charge on any atom is 0.337 e. The third-order valence-electron chi connectivity index (χ3n) is 2.34. The van der Waals surface area contributed by atoms with Gasteiger partial charge in [0.1, 0.15) is 0 Å². The summed E-state index contributed by atoms with van der Waals surface area (Å²) in [4.78, 5) is 20.0. The number of aromatic nitrogens is 2. The van der Waals surface area contributed by atoms with Gasteiger partial charge in [0, 0.05) is 23.0 Å². The standard InChI is InChI=1S/C12H11N3O2S/c1-7-5-8(6-9(10(7)13)11(16)17)18-12-14-3-2-4-15-12/h2-6H,13H2,1H3,(H,16,17). The number of hydrogen-bond acceptors (Lipinski definition) is 5. The first-order chi connectivity index (χ1) is 8.58. The molecule has 6 heteroatoms. The average molecular weight is 261 g/mol. The smallest absolute Gasteiger partial charge is 0.337 e. The predicted octanol–water partition coefficient (Wildman–Crippen LogP) is 2.22. The summed E-state index contributed by atoms with van der Waals surface area (Å²) in [5.74, 6) is -1.04. The fourth-order valence-corrected chi connectivity index (χ4v) is 2.30. The molecule has 1 aromatic carbocycles. The molecule has 92 valence electrons. The molecule has 3 N–H and O–H groups in total. The maximum absolute atomic E-state index is 11.1.